The van der Waals surface area contributed by atoms with Gasteiger partial charge in [-0.15, -0.1) is 0 Å². The Morgan fingerprint density at radius 1 is 1.00 bits per heavy atom. The Kier molecular flexibility index (Phi) is 6.74. The number of hydrogen-bond acceptors (Lipinski definition) is 6. The van der Waals surface area contributed by atoms with Crippen LogP contribution in [0.2, 0.25) is 0 Å². The first-order valence-corrected chi connectivity index (χ1v) is 13.5. The maximum Gasteiger partial charge on any atom is 0.270 e. The van der Waals surface area contributed by atoms with Gasteiger partial charge < -0.3 is 14.0 Å². The van der Waals surface area contributed by atoms with Crippen LogP contribution >= 0.6 is 0 Å². The molecule has 0 unspecified atom stereocenters. The molecule has 0 radical (unpaired) electrons. The van der Waals surface area contributed by atoms with Crippen molar-refractivity contribution in [3.05, 3.63) is 82.7 Å². The smallest absolute Gasteiger partial charge is 0.270 e. The van der Waals surface area contributed by atoms with Crippen LogP contribution in [0.3, 0.4) is 0 Å². The third kappa shape index (κ3) is 5.22. The van der Waals surface area contributed by atoms with E-state index in [0.717, 1.165) is 59.8 Å². The summed E-state index contributed by atoms with van der Waals surface area (Å²) in [4.78, 5) is 32.9. The molecule has 0 atom stereocenters. The molecule has 39 heavy (non-hydrogen) atoms. The molecule has 6 rings (SSSR count). The van der Waals surface area contributed by atoms with Crippen molar-refractivity contribution < 1.29 is 14.5 Å². The van der Waals surface area contributed by atoms with E-state index in [1.807, 2.05) is 48.2 Å². The molecule has 2 aromatic carbocycles. The maximum absolute atomic E-state index is 12.6. The fourth-order valence-electron chi connectivity index (χ4n) is 5.27. The fourth-order valence-corrected chi connectivity index (χ4v) is 5.27. The molecule has 0 N–H and O–H groups in total. The molecule has 1 saturated carbocycles. The number of piperazine rings is 1. The van der Waals surface area contributed by atoms with Crippen LogP contribution in [0.25, 0.3) is 28.0 Å². The van der Waals surface area contributed by atoms with Gasteiger partial charge in [-0.05, 0) is 55.2 Å². The van der Waals surface area contributed by atoms with Gasteiger partial charge in [-0.3, -0.25) is 19.8 Å². The zero-order valence-corrected chi connectivity index (χ0v) is 22.0. The highest BCUT2D eigenvalue weighted by molar-refractivity contribution is 5.81. The minimum Gasteiger partial charge on any atom is -0.494 e. The third-order valence-electron chi connectivity index (χ3n) is 7.51. The number of nitro groups is 1. The van der Waals surface area contributed by atoms with Crippen molar-refractivity contribution in [1.82, 2.24) is 19.2 Å². The summed E-state index contributed by atoms with van der Waals surface area (Å²) >= 11 is 0. The summed E-state index contributed by atoms with van der Waals surface area (Å²) in [5.41, 5.74) is 5.28. The lowest BCUT2D eigenvalue weighted by Gasteiger charge is -2.35. The Morgan fingerprint density at radius 2 is 1.77 bits per heavy atom. The first kappa shape index (κ1) is 25.1. The molecule has 9 nitrogen and oxygen atoms in total. The summed E-state index contributed by atoms with van der Waals surface area (Å²) in [6.45, 7) is 6.16. The minimum absolute atomic E-state index is 0.0381. The average Bonchev–Trinajstić information content (AvgIpc) is 3.75. The number of nitrogens with zero attached hydrogens (tertiary/aromatic N) is 5. The molecule has 0 spiro atoms. The second-order valence-electron chi connectivity index (χ2n) is 10.2. The van der Waals surface area contributed by atoms with E-state index in [0.29, 0.717) is 37.7 Å². The van der Waals surface area contributed by atoms with Crippen molar-refractivity contribution in [2.24, 2.45) is 5.92 Å². The van der Waals surface area contributed by atoms with Crippen molar-refractivity contribution in [2.45, 2.75) is 26.3 Å². The molecule has 200 valence electrons. The molecule has 4 aromatic rings. The lowest BCUT2D eigenvalue weighted by Crippen LogP contribution is -2.48. The van der Waals surface area contributed by atoms with Crippen LogP contribution in [0.4, 0.5) is 5.69 Å². The van der Waals surface area contributed by atoms with E-state index in [9.17, 15) is 14.9 Å². The normalized spacial score (nSPS) is 16.0. The number of ether oxygens (including phenoxy) is 1. The third-order valence-corrected chi connectivity index (χ3v) is 7.51. The molecule has 2 aromatic heterocycles. The van der Waals surface area contributed by atoms with Gasteiger partial charge in [0.2, 0.25) is 5.91 Å². The Labute approximate surface area is 226 Å². The van der Waals surface area contributed by atoms with E-state index in [2.05, 4.69) is 21.6 Å². The zero-order chi connectivity index (χ0) is 26.9. The van der Waals surface area contributed by atoms with Gasteiger partial charge in [0.05, 0.1) is 22.9 Å². The van der Waals surface area contributed by atoms with Gasteiger partial charge in [0.15, 0.2) is 0 Å². The molecule has 0 bridgehead atoms. The van der Waals surface area contributed by atoms with Crippen LogP contribution < -0.4 is 4.74 Å². The number of fused-ring (bicyclic) bond motifs is 1. The van der Waals surface area contributed by atoms with E-state index in [1.54, 1.807) is 12.1 Å². The number of rotatable bonds is 8. The lowest BCUT2D eigenvalue weighted by molar-refractivity contribution is -0.384. The number of amides is 1. The summed E-state index contributed by atoms with van der Waals surface area (Å²) in [5.74, 6) is 1.34. The van der Waals surface area contributed by atoms with Gasteiger partial charge in [0.25, 0.3) is 5.69 Å². The number of carbonyl (C=O) groups excluding carboxylic acids is 1. The molecular formula is C30H31N5O4. The van der Waals surface area contributed by atoms with Crippen molar-refractivity contribution in [3.8, 4) is 28.1 Å². The fraction of sp³-hybridized carbons (Fsp3) is 0.333. The largest absolute Gasteiger partial charge is 0.494 e. The molecule has 1 aliphatic carbocycles. The molecule has 1 saturated heterocycles. The van der Waals surface area contributed by atoms with Crippen LogP contribution in [-0.4, -0.2) is 62.8 Å². The number of hydrogen-bond donors (Lipinski definition) is 0. The van der Waals surface area contributed by atoms with Crippen LogP contribution in [0, 0.1) is 16.0 Å². The minimum atomic E-state index is -0.376. The summed E-state index contributed by atoms with van der Waals surface area (Å²) < 4.78 is 7.80. The maximum atomic E-state index is 12.6. The summed E-state index contributed by atoms with van der Waals surface area (Å²) in [6.07, 6.45) is 4.11. The summed E-state index contributed by atoms with van der Waals surface area (Å²) in [5, 5.41) is 11.5. The van der Waals surface area contributed by atoms with E-state index < -0.39 is 0 Å². The Bertz CT molecular complexity index is 1540. The molecule has 2 aliphatic rings. The van der Waals surface area contributed by atoms with Crippen LogP contribution in [0.5, 0.6) is 5.75 Å². The van der Waals surface area contributed by atoms with Gasteiger partial charge in [-0.2, -0.15) is 0 Å². The van der Waals surface area contributed by atoms with Crippen LogP contribution in [0.15, 0.2) is 66.9 Å². The molecule has 1 aliphatic heterocycles. The van der Waals surface area contributed by atoms with Gasteiger partial charge in [-0.25, -0.2) is 4.98 Å². The second kappa shape index (κ2) is 10.5. The number of imidazole rings is 1. The van der Waals surface area contributed by atoms with Gasteiger partial charge >= 0.3 is 0 Å². The number of benzene rings is 2. The lowest BCUT2D eigenvalue weighted by atomic mass is 10.1. The van der Waals surface area contributed by atoms with Crippen LogP contribution in [-0.2, 0) is 11.3 Å². The zero-order valence-electron chi connectivity index (χ0n) is 22.0. The first-order valence-electron chi connectivity index (χ1n) is 13.5. The Balaban J connectivity index is 1.37. The highest BCUT2D eigenvalue weighted by Crippen LogP contribution is 2.33. The van der Waals surface area contributed by atoms with E-state index >= 15 is 0 Å². The Hall–Kier alpha value is -4.24. The Morgan fingerprint density at radius 3 is 2.51 bits per heavy atom. The number of carbonyl (C=O) groups is 1. The number of pyridine rings is 1. The SMILES string of the molecule is CCOc1cccc(-c2ccc3nc(-c4cccc([N+](=O)[O-])c4)c(CN4CCN(C(=O)C5CC5)CC4)n3c2)c1. The second-order valence-corrected chi connectivity index (χ2v) is 10.2. The van der Waals surface area contributed by atoms with E-state index in [1.165, 1.54) is 6.07 Å². The van der Waals surface area contributed by atoms with Crippen molar-refractivity contribution in [3.63, 3.8) is 0 Å². The van der Waals surface area contributed by atoms with Crippen molar-refractivity contribution in [2.75, 3.05) is 32.8 Å². The first-order chi connectivity index (χ1) is 19.0. The molecule has 1 amide bonds. The quantitative estimate of drug-likeness (QED) is 0.237. The predicted molar refractivity (Wildman–Crippen MR) is 148 cm³/mol. The van der Waals surface area contributed by atoms with Crippen molar-refractivity contribution in [1.29, 1.82) is 0 Å². The number of non-ortho nitro benzene ring substituents is 1. The van der Waals surface area contributed by atoms with Crippen molar-refractivity contribution >= 4 is 17.2 Å². The highest BCUT2D eigenvalue weighted by Gasteiger charge is 2.34. The summed E-state index contributed by atoms with van der Waals surface area (Å²) in [6, 6.07) is 18.7. The van der Waals surface area contributed by atoms with Gasteiger partial charge in [0, 0.05) is 62.5 Å². The molecule has 3 heterocycles. The highest BCUT2D eigenvalue weighted by atomic mass is 16.6. The van der Waals surface area contributed by atoms with E-state index in [4.69, 9.17) is 9.72 Å². The standard InChI is InChI=1S/C30H31N5O4/c1-2-39-26-8-4-5-22(18-26)24-11-12-28-31-29(23-6-3-7-25(17-23)35(37)38)27(34(28)19-24)20-32-13-15-33(16-14-32)30(36)21-9-10-21/h3-8,11-12,17-19,21H,2,9-10,13-16,20H2,1H3. The predicted octanol–water partition coefficient (Wildman–Crippen LogP) is 5.03. The number of nitro benzene ring substituents is 1. The monoisotopic (exact) mass is 525 g/mol. The van der Waals surface area contributed by atoms with Crippen LogP contribution in [0.1, 0.15) is 25.5 Å². The number of aromatic nitrogens is 2. The van der Waals surface area contributed by atoms with Gasteiger partial charge in [-0.1, -0.05) is 24.3 Å². The van der Waals surface area contributed by atoms with Gasteiger partial charge in [0.1, 0.15) is 11.4 Å². The topological polar surface area (TPSA) is 93.2 Å². The molecule has 2 fully saturated rings. The molecular weight excluding hydrogens is 494 g/mol. The molecule has 9 heteroatoms. The van der Waals surface area contributed by atoms with E-state index in [-0.39, 0.29) is 16.5 Å². The summed E-state index contributed by atoms with van der Waals surface area (Å²) in [7, 11) is 0. The average molecular weight is 526 g/mol.